The molecule has 3 aromatic rings. The van der Waals surface area contributed by atoms with Gasteiger partial charge in [0.1, 0.15) is 0 Å². The molecule has 1 aliphatic rings. The first-order chi connectivity index (χ1) is 16.3. The number of fused-ring (bicyclic) bond motifs is 1. The van der Waals surface area contributed by atoms with Crippen LogP contribution in [0.1, 0.15) is 32.0 Å². The van der Waals surface area contributed by atoms with E-state index in [4.69, 9.17) is 4.74 Å². The van der Waals surface area contributed by atoms with Crippen molar-refractivity contribution in [2.75, 3.05) is 30.6 Å². The van der Waals surface area contributed by atoms with Crippen LogP contribution in [0.2, 0.25) is 0 Å². The van der Waals surface area contributed by atoms with Crippen LogP contribution in [0.4, 0.5) is 5.69 Å². The quantitative estimate of drug-likeness (QED) is 0.459. The van der Waals surface area contributed by atoms with Crippen LogP contribution < -0.4 is 4.31 Å². The topological polar surface area (TPSA) is 78.5 Å². The van der Waals surface area contributed by atoms with Crippen molar-refractivity contribution in [1.82, 2.24) is 15.1 Å². The molecule has 1 N–H and O–H groups in total. The summed E-state index contributed by atoms with van der Waals surface area (Å²) in [5.41, 5.74) is 3.46. The highest BCUT2D eigenvalue weighted by Crippen LogP contribution is 2.28. The number of aromatic nitrogens is 2. The van der Waals surface area contributed by atoms with Gasteiger partial charge in [0.25, 0.3) is 10.0 Å². The van der Waals surface area contributed by atoms with Gasteiger partial charge in [-0.2, -0.15) is 5.10 Å². The third-order valence-electron chi connectivity index (χ3n) is 6.27. The SMILES string of the molecule is C=C[C@H]1COCCN1Cc1[nH]nc2cc(S(=O)(=O)N(CC(C)C)c3ccc(CC)cc3)ccc12. The van der Waals surface area contributed by atoms with E-state index < -0.39 is 10.0 Å². The molecule has 182 valence electrons. The van der Waals surface area contributed by atoms with Crippen molar-refractivity contribution in [1.29, 1.82) is 0 Å². The lowest BCUT2D eigenvalue weighted by atomic mass is 10.1. The van der Waals surface area contributed by atoms with Crippen LogP contribution in [0.3, 0.4) is 0 Å². The summed E-state index contributed by atoms with van der Waals surface area (Å²) in [6.45, 7) is 13.2. The molecule has 0 spiro atoms. The van der Waals surface area contributed by atoms with Crippen molar-refractivity contribution >= 4 is 26.6 Å². The van der Waals surface area contributed by atoms with E-state index in [2.05, 4.69) is 28.6 Å². The van der Waals surface area contributed by atoms with E-state index in [0.717, 1.165) is 24.0 Å². The Balaban J connectivity index is 1.65. The van der Waals surface area contributed by atoms with E-state index in [-0.39, 0.29) is 16.9 Å². The third kappa shape index (κ3) is 5.04. The van der Waals surface area contributed by atoms with Crippen molar-refractivity contribution in [2.24, 2.45) is 5.92 Å². The highest BCUT2D eigenvalue weighted by Gasteiger charge is 2.27. The number of H-pyrrole nitrogens is 1. The van der Waals surface area contributed by atoms with Gasteiger partial charge in [-0.25, -0.2) is 8.42 Å². The molecule has 7 nitrogen and oxygen atoms in total. The standard InChI is InChI=1S/C26H34N4O3S/c1-5-20-7-9-22(10-8-20)30(16-19(3)4)34(31,32)23-11-12-24-25(15-23)27-28-26(24)17-29-13-14-33-18-21(29)6-2/h6-12,15,19,21H,2,5,13-14,16-18H2,1,3-4H3,(H,27,28)/t21-/m0/s1. The van der Waals surface area contributed by atoms with Crippen molar-refractivity contribution in [3.63, 3.8) is 0 Å². The van der Waals surface area contributed by atoms with Crippen LogP contribution in [-0.2, 0) is 27.7 Å². The fourth-order valence-electron chi connectivity index (χ4n) is 4.30. The molecule has 0 saturated carbocycles. The van der Waals surface area contributed by atoms with Crippen molar-refractivity contribution in [3.05, 3.63) is 66.4 Å². The minimum Gasteiger partial charge on any atom is -0.378 e. The second-order valence-electron chi connectivity index (χ2n) is 9.18. The summed E-state index contributed by atoms with van der Waals surface area (Å²) >= 11 is 0. The van der Waals surface area contributed by atoms with Crippen LogP contribution >= 0.6 is 0 Å². The highest BCUT2D eigenvalue weighted by atomic mass is 32.2. The predicted molar refractivity (Wildman–Crippen MR) is 136 cm³/mol. The first-order valence-corrected chi connectivity index (χ1v) is 13.3. The van der Waals surface area contributed by atoms with Gasteiger partial charge in [-0.05, 0) is 48.2 Å². The Hall–Kier alpha value is -2.68. The Labute approximate surface area is 202 Å². The summed E-state index contributed by atoms with van der Waals surface area (Å²) in [6.07, 6.45) is 2.81. The Morgan fingerprint density at radius 3 is 2.71 bits per heavy atom. The zero-order valence-electron chi connectivity index (χ0n) is 20.2. The van der Waals surface area contributed by atoms with E-state index in [0.29, 0.717) is 37.5 Å². The molecule has 1 fully saturated rings. The lowest BCUT2D eigenvalue weighted by Crippen LogP contribution is -2.43. The van der Waals surface area contributed by atoms with E-state index in [1.165, 1.54) is 9.87 Å². The maximum Gasteiger partial charge on any atom is 0.264 e. The maximum absolute atomic E-state index is 13.7. The first-order valence-electron chi connectivity index (χ1n) is 11.9. The number of benzene rings is 2. The van der Waals surface area contributed by atoms with Crippen molar-refractivity contribution < 1.29 is 13.2 Å². The summed E-state index contributed by atoms with van der Waals surface area (Å²) in [6, 6.07) is 13.1. The largest absolute Gasteiger partial charge is 0.378 e. The molecule has 34 heavy (non-hydrogen) atoms. The Bertz CT molecular complexity index is 1230. The fraction of sp³-hybridized carbons (Fsp3) is 0.423. The summed E-state index contributed by atoms with van der Waals surface area (Å²) in [5.74, 6) is 0.174. The zero-order valence-corrected chi connectivity index (χ0v) is 21.0. The number of sulfonamides is 1. The maximum atomic E-state index is 13.7. The number of nitrogens with zero attached hydrogens (tertiary/aromatic N) is 3. The summed E-state index contributed by atoms with van der Waals surface area (Å²) in [4.78, 5) is 2.53. The lowest BCUT2D eigenvalue weighted by molar-refractivity contribution is 0.00595. The monoisotopic (exact) mass is 482 g/mol. The molecular formula is C26H34N4O3S. The van der Waals surface area contributed by atoms with Crippen LogP contribution in [0.15, 0.2) is 60.0 Å². The Morgan fingerprint density at radius 2 is 2.03 bits per heavy atom. The number of anilines is 1. The molecule has 0 unspecified atom stereocenters. The molecule has 0 bridgehead atoms. The normalized spacial score (nSPS) is 17.4. The predicted octanol–water partition coefficient (Wildman–Crippen LogP) is 4.36. The van der Waals surface area contributed by atoms with E-state index in [9.17, 15) is 8.42 Å². The number of aryl methyl sites for hydroxylation is 1. The molecule has 2 aromatic carbocycles. The number of hydrogen-bond acceptors (Lipinski definition) is 5. The number of ether oxygens (including phenoxy) is 1. The number of nitrogens with one attached hydrogen (secondary N) is 1. The molecule has 0 amide bonds. The zero-order chi connectivity index (χ0) is 24.3. The van der Waals surface area contributed by atoms with Gasteiger partial charge in [0.15, 0.2) is 0 Å². The van der Waals surface area contributed by atoms with E-state index in [1.54, 1.807) is 12.1 Å². The van der Waals surface area contributed by atoms with Crippen LogP contribution in [0, 0.1) is 5.92 Å². The van der Waals surface area contributed by atoms with Gasteiger partial charge in [0.2, 0.25) is 0 Å². The van der Waals surface area contributed by atoms with Gasteiger partial charge in [-0.3, -0.25) is 14.3 Å². The molecule has 2 heterocycles. The lowest BCUT2D eigenvalue weighted by Gasteiger charge is -2.33. The average molecular weight is 483 g/mol. The fourth-order valence-corrected chi connectivity index (χ4v) is 5.95. The first kappa shape index (κ1) is 24.4. The number of morpholine rings is 1. The molecule has 4 rings (SSSR count). The molecule has 0 aliphatic carbocycles. The number of rotatable bonds is 9. The van der Waals surface area contributed by atoms with E-state index >= 15 is 0 Å². The molecule has 1 aromatic heterocycles. The van der Waals surface area contributed by atoms with E-state index in [1.807, 2.05) is 50.3 Å². The third-order valence-corrected chi connectivity index (χ3v) is 8.06. The minimum atomic E-state index is -3.75. The van der Waals surface area contributed by atoms with Gasteiger partial charge >= 0.3 is 0 Å². The molecule has 8 heteroatoms. The van der Waals surface area contributed by atoms with Crippen LogP contribution in [0.25, 0.3) is 10.9 Å². The minimum absolute atomic E-state index is 0.149. The van der Waals surface area contributed by atoms with Crippen LogP contribution in [0.5, 0.6) is 0 Å². The summed E-state index contributed by atoms with van der Waals surface area (Å²) in [5, 5.41) is 8.47. The Kier molecular flexibility index (Phi) is 7.40. The molecule has 0 radical (unpaired) electrons. The number of hydrogen-bond donors (Lipinski definition) is 1. The van der Waals surface area contributed by atoms with Crippen molar-refractivity contribution in [3.8, 4) is 0 Å². The molecule has 1 saturated heterocycles. The summed E-state index contributed by atoms with van der Waals surface area (Å²) < 4.78 is 34.5. The molecular weight excluding hydrogens is 448 g/mol. The van der Waals surface area contributed by atoms with Gasteiger partial charge in [0, 0.05) is 25.0 Å². The van der Waals surface area contributed by atoms with Crippen LogP contribution in [-0.4, -0.2) is 55.9 Å². The highest BCUT2D eigenvalue weighted by molar-refractivity contribution is 7.92. The van der Waals surface area contributed by atoms with Gasteiger partial charge in [0.05, 0.1) is 41.0 Å². The number of aromatic amines is 1. The van der Waals surface area contributed by atoms with Gasteiger partial charge in [-0.15, -0.1) is 6.58 Å². The Morgan fingerprint density at radius 1 is 1.26 bits per heavy atom. The smallest absolute Gasteiger partial charge is 0.264 e. The second kappa shape index (κ2) is 10.3. The average Bonchev–Trinajstić information content (AvgIpc) is 3.25. The summed E-state index contributed by atoms with van der Waals surface area (Å²) in [7, 11) is -3.75. The van der Waals surface area contributed by atoms with Crippen molar-refractivity contribution in [2.45, 2.75) is 44.7 Å². The molecule has 1 aliphatic heterocycles. The second-order valence-corrected chi connectivity index (χ2v) is 11.0. The molecule has 1 atom stereocenters. The van der Waals surface area contributed by atoms with Gasteiger partial charge < -0.3 is 4.74 Å². The van der Waals surface area contributed by atoms with Gasteiger partial charge in [-0.1, -0.05) is 39.0 Å².